The molecular weight excluding hydrogens is 283 g/mol. The van der Waals surface area contributed by atoms with Crippen molar-refractivity contribution in [3.8, 4) is 0 Å². The number of β-amino-alcohol motifs (C(OH)–C–C–N with tert-alkyl or cyclic N) is 1. The van der Waals surface area contributed by atoms with Crippen molar-refractivity contribution in [1.29, 1.82) is 0 Å². The fourth-order valence-corrected chi connectivity index (χ4v) is 4.00. The smallest absolute Gasteiger partial charge is 0.243 e. The summed E-state index contributed by atoms with van der Waals surface area (Å²) in [7, 11) is -3.65. The molecule has 0 aromatic heterocycles. The molecule has 5 nitrogen and oxygen atoms in total. The topological polar surface area (TPSA) is 60.9 Å². The van der Waals surface area contributed by atoms with Crippen molar-refractivity contribution in [3.05, 3.63) is 29.6 Å². The lowest BCUT2D eigenvalue weighted by Gasteiger charge is -2.33. The predicted molar refractivity (Wildman–Crippen MR) is 73.4 cm³/mol. The summed E-state index contributed by atoms with van der Waals surface area (Å²) in [6.45, 7) is 3.96. The number of piperazine rings is 1. The zero-order valence-corrected chi connectivity index (χ0v) is 12.2. The summed E-state index contributed by atoms with van der Waals surface area (Å²) in [6, 6.07) is 4.11. The van der Waals surface area contributed by atoms with Gasteiger partial charge in [0.2, 0.25) is 10.0 Å². The monoisotopic (exact) mass is 302 g/mol. The van der Waals surface area contributed by atoms with Crippen LogP contribution in [-0.4, -0.2) is 62.1 Å². The minimum absolute atomic E-state index is 0.0353. The van der Waals surface area contributed by atoms with Gasteiger partial charge >= 0.3 is 0 Å². The first-order valence-electron chi connectivity index (χ1n) is 6.55. The molecule has 0 radical (unpaired) electrons. The Kier molecular flexibility index (Phi) is 4.74. The number of benzene rings is 1. The third-order valence-corrected chi connectivity index (χ3v) is 5.63. The van der Waals surface area contributed by atoms with Crippen molar-refractivity contribution in [2.45, 2.75) is 11.8 Å². The third-order valence-electron chi connectivity index (χ3n) is 3.58. The van der Waals surface area contributed by atoms with Crippen molar-refractivity contribution in [1.82, 2.24) is 9.21 Å². The molecule has 0 atom stereocenters. The molecule has 1 aromatic carbocycles. The van der Waals surface area contributed by atoms with E-state index in [9.17, 15) is 12.8 Å². The maximum Gasteiger partial charge on any atom is 0.243 e. The van der Waals surface area contributed by atoms with Crippen LogP contribution in [0.15, 0.2) is 23.1 Å². The maximum atomic E-state index is 13.5. The molecule has 1 aromatic rings. The minimum Gasteiger partial charge on any atom is -0.395 e. The largest absolute Gasteiger partial charge is 0.395 e. The van der Waals surface area contributed by atoms with Crippen LogP contribution in [0.2, 0.25) is 0 Å². The summed E-state index contributed by atoms with van der Waals surface area (Å²) in [6.07, 6.45) is 0. The van der Waals surface area contributed by atoms with Crippen molar-refractivity contribution in [2.75, 3.05) is 39.3 Å². The van der Waals surface area contributed by atoms with Crippen LogP contribution in [0.1, 0.15) is 5.56 Å². The molecule has 0 bridgehead atoms. The fraction of sp³-hybridized carbons (Fsp3) is 0.538. The molecule has 112 valence electrons. The van der Waals surface area contributed by atoms with E-state index in [2.05, 4.69) is 0 Å². The molecule has 7 heteroatoms. The molecule has 2 rings (SSSR count). The van der Waals surface area contributed by atoms with E-state index in [1.807, 2.05) is 4.90 Å². The Morgan fingerprint density at radius 2 is 1.90 bits per heavy atom. The number of rotatable bonds is 4. The molecule has 1 fully saturated rings. The highest BCUT2D eigenvalue weighted by atomic mass is 32.2. The van der Waals surface area contributed by atoms with Crippen molar-refractivity contribution in [3.63, 3.8) is 0 Å². The maximum absolute atomic E-state index is 13.5. The summed E-state index contributed by atoms with van der Waals surface area (Å²) >= 11 is 0. The Hall–Kier alpha value is -1.02. The van der Waals surface area contributed by atoms with E-state index in [1.54, 1.807) is 0 Å². The van der Waals surface area contributed by atoms with Gasteiger partial charge in [-0.2, -0.15) is 4.31 Å². The van der Waals surface area contributed by atoms with Crippen LogP contribution in [0.3, 0.4) is 0 Å². The second kappa shape index (κ2) is 6.17. The number of hydrogen-bond acceptors (Lipinski definition) is 4. The van der Waals surface area contributed by atoms with Crippen LogP contribution in [0.25, 0.3) is 0 Å². The SMILES string of the molecule is Cc1c(F)cccc1S(=O)(=O)N1CCN(CCO)CC1. The van der Waals surface area contributed by atoms with Gasteiger partial charge in [0.1, 0.15) is 5.82 Å². The number of aliphatic hydroxyl groups excluding tert-OH is 1. The molecule has 1 saturated heterocycles. The van der Waals surface area contributed by atoms with Gasteiger partial charge in [-0.05, 0) is 19.1 Å². The summed E-state index contributed by atoms with van der Waals surface area (Å²) < 4.78 is 39.9. The highest BCUT2D eigenvalue weighted by Crippen LogP contribution is 2.22. The molecule has 1 aliphatic rings. The van der Waals surface area contributed by atoms with Gasteiger partial charge in [0.05, 0.1) is 11.5 Å². The number of aliphatic hydroxyl groups is 1. The molecule has 0 amide bonds. The Labute approximate surface area is 118 Å². The van der Waals surface area contributed by atoms with Crippen LogP contribution in [0.4, 0.5) is 4.39 Å². The van der Waals surface area contributed by atoms with Gasteiger partial charge in [-0.1, -0.05) is 6.07 Å². The normalized spacial score (nSPS) is 18.4. The van der Waals surface area contributed by atoms with Gasteiger partial charge in [-0.25, -0.2) is 12.8 Å². The second-order valence-electron chi connectivity index (χ2n) is 4.83. The Bertz CT molecular complexity index is 569. The molecule has 1 N–H and O–H groups in total. The van der Waals surface area contributed by atoms with E-state index in [4.69, 9.17) is 5.11 Å². The fourth-order valence-electron chi connectivity index (χ4n) is 2.34. The second-order valence-corrected chi connectivity index (χ2v) is 6.74. The lowest BCUT2D eigenvalue weighted by Crippen LogP contribution is -2.49. The summed E-state index contributed by atoms with van der Waals surface area (Å²) in [5, 5.41) is 8.87. The Morgan fingerprint density at radius 3 is 2.50 bits per heavy atom. The number of sulfonamides is 1. The summed E-state index contributed by atoms with van der Waals surface area (Å²) in [4.78, 5) is 2.04. The zero-order valence-electron chi connectivity index (χ0n) is 11.4. The third kappa shape index (κ3) is 3.01. The Balaban J connectivity index is 2.18. The highest BCUT2D eigenvalue weighted by Gasteiger charge is 2.29. The molecule has 0 unspecified atom stereocenters. The van der Waals surface area contributed by atoms with E-state index < -0.39 is 15.8 Å². The quantitative estimate of drug-likeness (QED) is 0.876. The molecule has 0 aliphatic carbocycles. The number of nitrogens with zero attached hydrogens (tertiary/aromatic N) is 2. The molecule has 1 heterocycles. The van der Waals surface area contributed by atoms with E-state index in [0.717, 1.165) is 0 Å². The molecular formula is C13H19FN2O3S. The van der Waals surface area contributed by atoms with Gasteiger partial charge in [-0.15, -0.1) is 0 Å². The van der Waals surface area contributed by atoms with Gasteiger partial charge in [0, 0.05) is 38.3 Å². The number of halogens is 1. The standard InChI is InChI=1S/C13H19FN2O3S/c1-11-12(14)3-2-4-13(11)20(18,19)16-7-5-15(6-8-16)9-10-17/h2-4,17H,5-10H2,1H3. The van der Waals surface area contributed by atoms with Crippen LogP contribution < -0.4 is 0 Å². The lowest BCUT2D eigenvalue weighted by molar-refractivity contribution is 0.151. The first-order chi connectivity index (χ1) is 9.46. The molecule has 20 heavy (non-hydrogen) atoms. The van der Waals surface area contributed by atoms with Crippen LogP contribution in [-0.2, 0) is 10.0 Å². The van der Waals surface area contributed by atoms with Crippen LogP contribution >= 0.6 is 0 Å². The van der Waals surface area contributed by atoms with Crippen LogP contribution in [0.5, 0.6) is 0 Å². The molecule has 0 saturated carbocycles. The zero-order chi connectivity index (χ0) is 14.8. The van der Waals surface area contributed by atoms with Crippen molar-refractivity contribution >= 4 is 10.0 Å². The van der Waals surface area contributed by atoms with E-state index >= 15 is 0 Å². The first-order valence-corrected chi connectivity index (χ1v) is 7.99. The lowest BCUT2D eigenvalue weighted by atomic mass is 10.2. The highest BCUT2D eigenvalue weighted by molar-refractivity contribution is 7.89. The van der Waals surface area contributed by atoms with Crippen LogP contribution in [0, 0.1) is 12.7 Å². The van der Waals surface area contributed by atoms with Gasteiger partial charge in [0.15, 0.2) is 0 Å². The predicted octanol–water partition coefficient (Wildman–Crippen LogP) is 0.433. The Morgan fingerprint density at radius 1 is 1.25 bits per heavy atom. The average molecular weight is 302 g/mol. The van der Waals surface area contributed by atoms with Gasteiger partial charge in [0.25, 0.3) is 0 Å². The minimum atomic E-state index is -3.65. The summed E-state index contributed by atoms with van der Waals surface area (Å²) in [5.41, 5.74) is 0.158. The molecule has 1 aliphatic heterocycles. The molecule has 0 spiro atoms. The first kappa shape index (κ1) is 15.4. The van der Waals surface area contributed by atoms with E-state index in [-0.39, 0.29) is 17.1 Å². The van der Waals surface area contributed by atoms with Gasteiger partial charge in [-0.3, -0.25) is 4.90 Å². The van der Waals surface area contributed by atoms with Crippen molar-refractivity contribution < 1.29 is 17.9 Å². The number of hydrogen-bond donors (Lipinski definition) is 1. The average Bonchev–Trinajstić information content (AvgIpc) is 2.42. The van der Waals surface area contributed by atoms with Crippen molar-refractivity contribution in [2.24, 2.45) is 0 Å². The van der Waals surface area contributed by atoms with E-state index in [0.29, 0.717) is 32.7 Å². The van der Waals surface area contributed by atoms with Gasteiger partial charge < -0.3 is 5.11 Å². The van der Waals surface area contributed by atoms with E-state index in [1.165, 1.54) is 29.4 Å². The summed E-state index contributed by atoms with van der Waals surface area (Å²) in [5.74, 6) is -0.509.